The fraction of sp³-hybridized carbons (Fsp3) is 0.696. The van der Waals surface area contributed by atoms with Crippen LogP contribution in [-0.4, -0.2) is 55.2 Å². The van der Waals surface area contributed by atoms with Crippen molar-refractivity contribution in [1.82, 2.24) is 4.90 Å². The zero-order valence-electron chi connectivity index (χ0n) is 20.1. The van der Waals surface area contributed by atoms with Gasteiger partial charge in [-0.2, -0.15) is 0 Å². The van der Waals surface area contributed by atoms with Crippen LogP contribution in [0, 0.1) is 5.41 Å². The average Bonchev–Trinajstić information content (AvgIpc) is 2.95. The third kappa shape index (κ3) is 7.86. The molecule has 0 radical (unpaired) electrons. The fourth-order valence-electron chi connectivity index (χ4n) is 3.74. The first-order valence-electron chi connectivity index (χ1n) is 10.9. The van der Waals surface area contributed by atoms with Gasteiger partial charge in [-0.15, -0.1) is 0 Å². The van der Waals surface area contributed by atoms with Gasteiger partial charge in [-0.1, -0.05) is 48.8 Å². The van der Waals surface area contributed by atoms with Crippen molar-refractivity contribution in [2.45, 2.75) is 91.2 Å². The molecule has 1 aliphatic heterocycles. The van der Waals surface area contributed by atoms with E-state index in [2.05, 4.69) is 49.8 Å². The highest BCUT2D eigenvalue weighted by molar-refractivity contribution is 9.10. The van der Waals surface area contributed by atoms with E-state index in [1.165, 1.54) is 0 Å². The molecular formula is C23H38BrNO5Si. The highest BCUT2D eigenvalue weighted by atomic mass is 79.9. The molecule has 0 saturated carbocycles. The molecule has 176 valence electrons. The molecule has 1 aliphatic rings. The molecule has 8 heteroatoms. The van der Waals surface area contributed by atoms with Crippen LogP contribution >= 0.6 is 15.9 Å². The maximum atomic E-state index is 13.1. The smallest absolute Gasteiger partial charge is 0.410 e. The quantitative estimate of drug-likeness (QED) is 0.422. The Morgan fingerprint density at radius 3 is 2.29 bits per heavy atom. The SMILES string of the molecule is C[SiH](C)OC([C@H]1C[C@](O)(OCc2ccc(Br)cc2)CN1C(=O)OC(C)(C)C)C(C)(C)C. The molecule has 1 aromatic carbocycles. The first-order chi connectivity index (χ1) is 14.1. The summed E-state index contributed by atoms with van der Waals surface area (Å²) in [6.07, 6.45) is -0.424. The topological polar surface area (TPSA) is 68.2 Å². The van der Waals surface area contributed by atoms with Gasteiger partial charge >= 0.3 is 6.09 Å². The van der Waals surface area contributed by atoms with Crippen LogP contribution in [0.4, 0.5) is 4.79 Å². The minimum atomic E-state index is -1.47. The number of carbonyl (C=O) groups is 1. The summed E-state index contributed by atoms with van der Waals surface area (Å²) in [7, 11) is -1.40. The summed E-state index contributed by atoms with van der Waals surface area (Å²) in [5, 5.41) is 11.3. The monoisotopic (exact) mass is 515 g/mol. The lowest BCUT2D eigenvalue weighted by Gasteiger charge is -2.40. The number of halogens is 1. The van der Waals surface area contributed by atoms with Crippen molar-refractivity contribution < 1.29 is 23.8 Å². The summed E-state index contributed by atoms with van der Waals surface area (Å²) in [5.41, 5.74) is 0.0899. The number of aliphatic hydroxyl groups is 1. The third-order valence-corrected chi connectivity index (χ3v) is 6.38. The number of rotatable bonds is 6. The molecule has 3 atom stereocenters. The van der Waals surface area contributed by atoms with Gasteiger partial charge < -0.3 is 19.0 Å². The van der Waals surface area contributed by atoms with Gasteiger partial charge in [0.25, 0.3) is 0 Å². The van der Waals surface area contributed by atoms with Crippen LogP contribution in [0.15, 0.2) is 28.7 Å². The van der Waals surface area contributed by atoms with Crippen LogP contribution in [-0.2, 0) is 20.5 Å². The molecule has 0 spiro atoms. The molecule has 1 heterocycles. The summed E-state index contributed by atoms with van der Waals surface area (Å²) in [6.45, 7) is 16.3. The number of amides is 1. The van der Waals surface area contributed by atoms with E-state index in [0.29, 0.717) is 0 Å². The maximum absolute atomic E-state index is 13.1. The molecule has 0 bridgehead atoms. The second-order valence-corrected chi connectivity index (χ2v) is 14.0. The molecule has 1 amide bonds. The summed E-state index contributed by atoms with van der Waals surface area (Å²) in [4.78, 5) is 14.7. The highest BCUT2D eigenvalue weighted by Gasteiger charge is 2.52. The van der Waals surface area contributed by atoms with Crippen LogP contribution in [0.2, 0.25) is 13.1 Å². The predicted octanol–water partition coefficient (Wildman–Crippen LogP) is 5.08. The van der Waals surface area contributed by atoms with E-state index in [4.69, 9.17) is 13.9 Å². The lowest BCUT2D eigenvalue weighted by molar-refractivity contribution is -0.200. The Morgan fingerprint density at radius 1 is 1.23 bits per heavy atom. The van der Waals surface area contributed by atoms with Crippen LogP contribution in [0.25, 0.3) is 0 Å². The summed E-state index contributed by atoms with van der Waals surface area (Å²) in [5.74, 6) is -1.47. The highest BCUT2D eigenvalue weighted by Crippen LogP contribution is 2.39. The van der Waals surface area contributed by atoms with Gasteiger partial charge in [0, 0.05) is 10.9 Å². The van der Waals surface area contributed by atoms with Crippen molar-refractivity contribution in [2.24, 2.45) is 5.41 Å². The van der Waals surface area contributed by atoms with Crippen molar-refractivity contribution >= 4 is 31.1 Å². The summed E-state index contributed by atoms with van der Waals surface area (Å²) >= 11 is 3.42. The molecule has 1 saturated heterocycles. The maximum Gasteiger partial charge on any atom is 0.410 e. The number of nitrogens with zero attached hydrogens (tertiary/aromatic N) is 1. The molecule has 1 unspecified atom stereocenters. The Bertz CT molecular complexity index is 744. The van der Waals surface area contributed by atoms with E-state index in [1.807, 2.05) is 45.0 Å². The van der Waals surface area contributed by atoms with Gasteiger partial charge in [-0.25, -0.2) is 4.79 Å². The zero-order chi connectivity index (χ0) is 23.6. The molecule has 0 aromatic heterocycles. The number of ether oxygens (including phenoxy) is 2. The van der Waals surface area contributed by atoms with Crippen LogP contribution in [0.5, 0.6) is 0 Å². The molecule has 2 rings (SSSR count). The molecule has 1 N–H and O–H groups in total. The standard InChI is InChI=1S/C23H38BrNO5Si/c1-21(2,3)19(30-31(7)8)18-13-23(27,15-25(18)20(26)29-22(4,5)6)28-14-16-9-11-17(24)12-10-16/h9-12,18-19,27,31H,13-15H2,1-8H3/t18-,19?,23+/m1/s1. The number of hydrogen-bond donors (Lipinski definition) is 1. The Hall–Kier alpha value is -0.933. The second-order valence-electron chi connectivity index (χ2n) is 10.7. The van der Waals surface area contributed by atoms with Crippen LogP contribution < -0.4 is 0 Å². The first kappa shape index (κ1) is 26.3. The van der Waals surface area contributed by atoms with Gasteiger partial charge in [0.1, 0.15) is 5.60 Å². The Kier molecular flexibility index (Phi) is 8.41. The van der Waals surface area contributed by atoms with Crippen molar-refractivity contribution in [3.8, 4) is 0 Å². The largest absolute Gasteiger partial charge is 0.444 e. The van der Waals surface area contributed by atoms with Crippen molar-refractivity contribution in [3.05, 3.63) is 34.3 Å². The summed E-state index contributed by atoms with van der Waals surface area (Å²) in [6, 6.07) is 7.40. The second kappa shape index (κ2) is 9.91. The fourth-order valence-corrected chi connectivity index (χ4v) is 5.18. The van der Waals surface area contributed by atoms with Gasteiger partial charge in [0.2, 0.25) is 0 Å². The minimum Gasteiger partial charge on any atom is -0.444 e. The van der Waals surface area contributed by atoms with Crippen molar-refractivity contribution in [2.75, 3.05) is 6.54 Å². The number of β-amino-alcohol motifs (C(OH)–C–C–N with tert-alkyl or cyclic N) is 1. The number of benzene rings is 1. The van der Waals surface area contributed by atoms with E-state index in [-0.39, 0.29) is 37.1 Å². The molecule has 0 aliphatic carbocycles. The number of carbonyl (C=O) groups excluding carboxylic acids is 1. The number of likely N-dealkylation sites (tertiary alicyclic amines) is 1. The molecule has 1 fully saturated rings. The van der Waals surface area contributed by atoms with E-state index in [9.17, 15) is 9.90 Å². The van der Waals surface area contributed by atoms with Gasteiger partial charge in [0.05, 0.1) is 25.3 Å². The zero-order valence-corrected chi connectivity index (χ0v) is 22.8. The predicted molar refractivity (Wildman–Crippen MR) is 128 cm³/mol. The molecule has 1 aromatic rings. The lowest BCUT2D eigenvalue weighted by atomic mass is 9.83. The van der Waals surface area contributed by atoms with E-state index >= 15 is 0 Å². The van der Waals surface area contributed by atoms with Crippen LogP contribution in [0.3, 0.4) is 0 Å². The molecular weight excluding hydrogens is 478 g/mol. The van der Waals surface area contributed by atoms with E-state index in [0.717, 1.165) is 10.0 Å². The van der Waals surface area contributed by atoms with Crippen molar-refractivity contribution in [1.29, 1.82) is 0 Å². The number of hydrogen-bond acceptors (Lipinski definition) is 5. The van der Waals surface area contributed by atoms with Gasteiger partial charge in [-0.3, -0.25) is 4.90 Å². The summed E-state index contributed by atoms with van der Waals surface area (Å²) < 4.78 is 19.0. The van der Waals surface area contributed by atoms with Gasteiger partial charge in [0.15, 0.2) is 14.8 Å². The Morgan fingerprint density at radius 2 is 1.81 bits per heavy atom. The Balaban J connectivity index is 2.28. The van der Waals surface area contributed by atoms with E-state index < -0.39 is 26.5 Å². The van der Waals surface area contributed by atoms with E-state index in [1.54, 1.807) is 4.90 Å². The van der Waals surface area contributed by atoms with Crippen LogP contribution in [0.1, 0.15) is 53.5 Å². The first-order valence-corrected chi connectivity index (χ1v) is 14.4. The Labute approximate surface area is 197 Å². The lowest BCUT2D eigenvalue weighted by Crippen LogP contribution is -2.51. The average molecular weight is 517 g/mol. The molecule has 31 heavy (non-hydrogen) atoms. The van der Waals surface area contributed by atoms with Crippen molar-refractivity contribution in [3.63, 3.8) is 0 Å². The van der Waals surface area contributed by atoms with Gasteiger partial charge in [-0.05, 0) is 57.0 Å². The minimum absolute atomic E-state index is 0.0404. The molecule has 6 nitrogen and oxygen atoms in total. The third-order valence-electron chi connectivity index (χ3n) is 5.02. The normalized spacial score (nSPS) is 23.3.